The quantitative estimate of drug-likeness (QED) is 0.798. The van der Waals surface area contributed by atoms with Crippen molar-refractivity contribution in [3.63, 3.8) is 0 Å². The molecule has 2 heteroatoms. The maximum atomic E-state index is 11.6. The molecular weight excluding hydrogens is 236 g/mol. The highest BCUT2D eigenvalue weighted by Crippen LogP contribution is 2.46. The number of rotatable bonds is 4. The first-order chi connectivity index (χ1) is 9.15. The van der Waals surface area contributed by atoms with Crippen LogP contribution in [0, 0.1) is 29.6 Å². The molecule has 0 radical (unpaired) electrons. The van der Waals surface area contributed by atoms with Gasteiger partial charge in [0, 0.05) is 0 Å². The first kappa shape index (κ1) is 14.9. The van der Waals surface area contributed by atoms with Crippen molar-refractivity contribution in [3.8, 4) is 0 Å². The minimum absolute atomic E-state index is 0.0524. The zero-order valence-electron chi connectivity index (χ0n) is 12.6. The van der Waals surface area contributed by atoms with Gasteiger partial charge in [0.2, 0.25) is 0 Å². The Labute approximate surface area is 118 Å². The Bertz CT molecular complexity index is 300. The van der Waals surface area contributed by atoms with E-state index >= 15 is 0 Å². The fraction of sp³-hybridized carbons (Fsp3) is 0.941. The predicted molar refractivity (Wildman–Crippen MR) is 78.0 cm³/mol. The Hall–Kier alpha value is -0.530. The maximum Gasteiger partial charge on any atom is 0.306 e. The Kier molecular flexibility index (Phi) is 5.29. The van der Waals surface area contributed by atoms with Crippen molar-refractivity contribution in [1.82, 2.24) is 0 Å². The minimum atomic E-state index is -0.529. The second kappa shape index (κ2) is 6.76. The van der Waals surface area contributed by atoms with E-state index < -0.39 is 5.97 Å². The second-order valence-electron chi connectivity index (χ2n) is 6.90. The van der Waals surface area contributed by atoms with Gasteiger partial charge in [0.05, 0.1) is 5.92 Å². The number of aliphatic carboxylic acids is 1. The van der Waals surface area contributed by atoms with E-state index in [9.17, 15) is 9.90 Å². The standard InChI is InChI=1S/C17H30O2/c1-3-12-6-5-7-14(10-12)16-11-13(4-2)8-9-15(16)17(18)19/h12-16H,3-11H2,1-2H3,(H,18,19). The molecule has 0 amide bonds. The highest BCUT2D eigenvalue weighted by atomic mass is 16.4. The summed E-state index contributed by atoms with van der Waals surface area (Å²) in [6.07, 6.45) is 11.0. The van der Waals surface area contributed by atoms with Crippen molar-refractivity contribution in [2.45, 2.75) is 71.6 Å². The molecule has 0 saturated heterocycles. The number of carbonyl (C=O) groups is 1. The van der Waals surface area contributed by atoms with Gasteiger partial charge in [-0.25, -0.2) is 0 Å². The van der Waals surface area contributed by atoms with Crippen molar-refractivity contribution in [1.29, 1.82) is 0 Å². The molecule has 0 aliphatic heterocycles. The Balaban J connectivity index is 2.05. The fourth-order valence-electron chi connectivity index (χ4n) is 4.59. The molecule has 0 aromatic rings. The van der Waals surface area contributed by atoms with Crippen LogP contribution in [0.3, 0.4) is 0 Å². The van der Waals surface area contributed by atoms with Crippen molar-refractivity contribution < 1.29 is 9.90 Å². The van der Waals surface area contributed by atoms with Crippen LogP contribution in [-0.2, 0) is 4.79 Å². The molecule has 5 unspecified atom stereocenters. The summed E-state index contributed by atoms with van der Waals surface area (Å²) in [5.41, 5.74) is 0. The van der Waals surface area contributed by atoms with E-state index in [1.54, 1.807) is 0 Å². The third kappa shape index (κ3) is 3.52. The van der Waals surface area contributed by atoms with E-state index in [1.165, 1.54) is 44.9 Å². The Morgan fingerprint density at radius 3 is 2.32 bits per heavy atom. The molecule has 1 N–H and O–H groups in total. The van der Waals surface area contributed by atoms with Crippen LogP contribution < -0.4 is 0 Å². The van der Waals surface area contributed by atoms with Crippen LogP contribution in [0.5, 0.6) is 0 Å². The van der Waals surface area contributed by atoms with Gasteiger partial charge in [-0.3, -0.25) is 4.79 Å². The lowest BCUT2D eigenvalue weighted by Crippen LogP contribution is -2.37. The summed E-state index contributed by atoms with van der Waals surface area (Å²) in [5, 5.41) is 9.52. The molecule has 2 rings (SSSR count). The molecule has 110 valence electrons. The lowest BCUT2D eigenvalue weighted by Gasteiger charge is -2.41. The molecular formula is C17H30O2. The van der Waals surface area contributed by atoms with Gasteiger partial charge in [-0.05, 0) is 49.4 Å². The van der Waals surface area contributed by atoms with E-state index in [2.05, 4.69) is 13.8 Å². The largest absolute Gasteiger partial charge is 0.481 e. The normalized spacial score (nSPS) is 40.0. The Morgan fingerprint density at radius 2 is 1.68 bits per heavy atom. The highest BCUT2D eigenvalue weighted by molar-refractivity contribution is 5.70. The van der Waals surface area contributed by atoms with Crippen LogP contribution in [0.25, 0.3) is 0 Å². The van der Waals surface area contributed by atoms with Crippen LogP contribution in [0.4, 0.5) is 0 Å². The van der Waals surface area contributed by atoms with Gasteiger partial charge in [-0.1, -0.05) is 46.0 Å². The molecule has 2 saturated carbocycles. The molecule has 5 atom stereocenters. The average molecular weight is 266 g/mol. The predicted octanol–water partition coefficient (Wildman–Crippen LogP) is 4.73. The first-order valence-corrected chi connectivity index (χ1v) is 8.38. The molecule has 0 aromatic carbocycles. The van der Waals surface area contributed by atoms with E-state index in [1.807, 2.05) is 0 Å². The zero-order chi connectivity index (χ0) is 13.8. The molecule has 2 aliphatic carbocycles. The number of hydrogen-bond acceptors (Lipinski definition) is 1. The third-order valence-electron chi connectivity index (χ3n) is 5.91. The van der Waals surface area contributed by atoms with Gasteiger partial charge in [0.25, 0.3) is 0 Å². The highest BCUT2D eigenvalue weighted by Gasteiger charge is 2.40. The Morgan fingerprint density at radius 1 is 1.00 bits per heavy atom. The fourth-order valence-corrected chi connectivity index (χ4v) is 4.59. The van der Waals surface area contributed by atoms with Gasteiger partial charge < -0.3 is 5.11 Å². The summed E-state index contributed by atoms with van der Waals surface area (Å²) in [6.45, 7) is 4.55. The summed E-state index contributed by atoms with van der Waals surface area (Å²) in [5.74, 6) is 2.21. The molecule has 0 bridgehead atoms. The van der Waals surface area contributed by atoms with E-state index in [0.29, 0.717) is 11.8 Å². The maximum absolute atomic E-state index is 11.6. The van der Waals surface area contributed by atoms with Crippen molar-refractivity contribution in [2.75, 3.05) is 0 Å². The van der Waals surface area contributed by atoms with Crippen LogP contribution in [-0.4, -0.2) is 11.1 Å². The second-order valence-corrected chi connectivity index (χ2v) is 6.90. The molecule has 0 spiro atoms. The summed E-state index contributed by atoms with van der Waals surface area (Å²) >= 11 is 0. The molecule has 19 heavy (non-hydrogen) atoms. The summed E-state index contributed by atoms with van der Waals surface area (Å²) in [6, 6.07) is 0. The summed E-state index contributed by atoms with van der Waals surface area (Å²) in [4.78, 5) is 11.6. The zero-order valence-corrected chi connectivity index (χ0v) is 12.6. The van der Waals surface area contributed by atoms with Crippen LogP contribution in [0.1, 0.15) is 71.6 Å². The first-order valence-electron chi connectivity index (χ1n) is 8.38. The smallest absolute Gasteiger partial charge is 0.306 e. The third-order valence-corrected chi connectivity index (χ3v) is 5.91. The topological polar surface area (TPSA) is 37.3 Å². The lowest BCUT2D eigenvalue weighted by atomic mass is 9.63. The monoisotopic (exact) mass is 266 g/mol. The van der Waals surface area contributed by atoms with Crippen LogP contribution >= 0.6 is 0 Å². The molecule has 2 fully saturated rings. The van der Waals surface area contributed by atoms with Crippen molar-refractivity contribution in [3.05, 3.63) is 0 Å². The SMILES string of the molecule is CCC1CCCC(C2CC(CC)CCC2C(=O)O)C1. The summed E-state index contributed by atoms with van der Waals surface area (Å²) in [7, 11) is 0. The number of carboxylic acid groups (broad SMARTS) is 1. The van der Waals surface area contributed by atoms with E-state index in [-0.39, 0.29) is 5.92 Å². The van der Waals surface area contributed by atoms with Gasteiger partial charge in [-0.15, -0.1) is 0 Å². The molecule has 0 aromatic heterocycles. The summed E-state index contributed by atoms with van der Waals surface area (Å²) < 4.78 is 0. The lowest BCUT2D eigenvalue weighted by molar-refractivity contribution is -0.147. The van der Waals surface area contributed by atoms with E-state index in [4.69, 9.17) is 0 Å². The molecule has 2 nitrogen and oxygen atoms in total. The van der Waals surface area contributed by atoms with Gasteiger partial charge >= 0.3 is 5.97 Å². The van der Waals surface area contributed by atoms with Gasteiger partial charge in [0.15, 0.2) is 0 Å². The van der Waals surface area contributed by atoms with Crippen molar-refractivity contribution in [2.24, 2.45) is 29.6 Å². The molecule has 0 heterocycles. The van der Waals surface area contributed by atoms with E-state index in [0.717, 1.165) is 24.7 Å². The van der Waals surface area contributed by atoms with Gasteiger partial charge in [-0.2, -0.15) is 0 Å². The number of hydrogen-bond donors (Lipinski definition) is 1. The molecule has 2 aliphatic rings. The van der Waals surface area contributed by atoms with Crippen LogP contribution in [0.2, 0.25) is 0 Å². The van der Waals surface area contributed by atoms with Crippen molar-refractivity contribution >= 4 is 5.97 Å². The number of carboxylic acids is 1. The van der Waals surface area contributed by atoms with Gasteiger partial charge in [0.1, 0.15) is 0 Å². The average Bonchev–Trinajstić information content (AvgIpc) is 2.46. The minimum Gasteiger partial charge on any atom is -0.481 e. The van der Waals surface area contributed by atoms with Crippen LogP contribution in [0.15, 0.2) is 0 Å².